The molecule has 1 rings (SSSR count). The molecule has 0 saturated heterocycles. The number of aromatic nitrogens is 1. The van der Waals surface area contributed by atoms with Crippen LogP contribution in [0, 0.1) is 6.92 Å². The first kappa shape index (κ1) is 17.0. The Morgan fingerprint density at radius 2 is 1.90 bits per heavy atom. The summed E-state index contributed by atoms with van der Waals surface area (Å²) < 4.78 is 0. The number of pyridine rings is 1. The minimum absolute atomic E-state index is 0.141. The minimum Gasteiger partial charge on any atom is -0.357 e. The Bertz CT molecular complexity index is 407. The molecule has 0 aliphatic carbocycles. The second kappa shape index (κ2) is 7.63. The van der Waals surface area contributed by atoms with Crippen molar-refractivity contribution in [1.82, 2.24) is 10.3 Å². The minimum atomic E-state index is 0.141. The molecule has 114 valence electrons. The second-order valence-corrected chi connectivity index (χ2v) is 6.45. The molecule has 0 fully saturated rings. The Balaban J connectivity index is 2.75. The zero-order valence-electron chi connectivity index (χ0n) is 14.1. The van der Waals surface area contributed by atoms with Gasteiger partial charge in [0.05, 0.1) is 0 Å². The second-order valence-electron chi connectivity index (χ2n) is 6.45. The molecule has 0 unspecified atom stereocenters. The molecule has 1 N–H and O–H groups in total. The molecule has 0 spiro atoms. The topological polar surface area (TPSA) is 28.2 Å². The molecule has 0 atom stereocenters. The summed E-state index contributed by atoms with van der Waals surface area (Å²) >= 11 is 0. The lowest BCUT2D eigenvalue weighted by atomic mass is 10.1. The lowest BCUT2D eigenvalue weighted by molar-refractivity contribution is 0.423. The average molecular weight is 277 g/mol. The van der Waals surface area contributed by atoms with Crippen LogP contribution in [0.25, 0.3) is 0 Å². The normalized spacial score (nSPS) is 11.7. The van der Waals surface area contributed by atoms with Crippen molar-refractivity contribution in [3.63, 3.8) is 0 Å². The van der Waals surface area contributed by atoms with Crippen molar-refractivity contribution in [2.45, 2.75) is 66.5 Å². The first-order valence-corrected chi connectivity index (χ1v) is 7.84. The van der Waals surface area contributed by atoms with Gasteiger partial charge in [-0.3, -0.25) is 0 Å². The third-order valence-corrected chi connectivity index (χ3v) is 3.48. The number of aryl methyl sites for hydroxylation is 1. The zero-order chi connectivity index (χ0) is 15.2. The fraction of sp³-hybridized carbons (Fsp3) is 0.706. The Morgan fingerprint density at radius 1 is 1.20 bits per heavy atom. The van der Waals surface area contributed by atoms with Gasteiger partial charge in [-0.1, -0.05) is 19.4 Å². The molecule has 3 nitrogen and oxygen atoms in total. The van der Waals surface area contributed by atoms with E-state index in [2.05, 4.69) is 63.9 Å². The van der Waals surface area contributed by atoms with Crippen molar-refractivity contribution in [3.8, 4) is 0 Å². The van der Waals surface area contributed by atoms with E-state index in [1.807, 2.05) is 0 Å². The monoisotopic (exact) mass is 277 g/mol. The van der Waals surface area contributed by atoms with E-state index in [1.54, 1.807) is 0 Å². The number of unbranched alkanes of at least 4 members (excludes halogenated alkanes) is 1. The molecule has 0 radical (unpaired) electrons. The Morgan fingerprint density at radius 3 is 2.40 bits per heavy atom. The van der Waals surface area contributed by atoms with Gasteiger partial charge in [-0.05, 0) is 52.7 Å². The molecule has 0 saturated carbocycles. The summed E-state index contributed by atoms with van der Waals surface area (Å²) in [4.78, 5) is 7.14. The van der Waals surface area contributed by atoms with Gasteiger partial charge in [0.25, 0.3) is 0 Å². The number of hydrogen-bond donors (Lipinski definition) is 1. The molecule has 0 aliphatic heterocycles. The van der Waals surface area contributed by atoms with Crippen LogP contribution < -0.4 is 10.2 Å². The highest BCUT2D eigenvalue weighted by molar-refractivity contribution is 5.41. The van der Waals surface area contributed by atoms with E-state index in [-0.39, 0.29) is 5.54 Å². The van der Waals surface area contributed by atoms with Crippen LogP contribution in [0.3, 0.4) is 0 Å². The van der Waals surface area contributed by atoms with E-state index >= 15 is 0 Å². The summed E-state index contributed by atoms with van der Waals surface area (Å²) in [5.41, 5.74) is 2.56. The van der Waals surface area contributed by atoms with Crippen LogP contribution in [0.1, 0.15) is 58.7 Å². The maximum absolute atomic E-state index is 4.78. The van der Waals surface area contributed by atoms with Crippen LogP contribution in [0.15, 0.2) is 12.1 Å². The predicted octanol–water partition coefficient (Wildman–Crippen LogP) is 3.90. The summed E-state index contributed by atoms with van der Waals surface area (Å²) in [6.07, 6.45) is 2.45. The van der Waals surface area contributed by atoms with Crippen molar-refractivity contribution in [1.29, 1.82) is 0 Å². The van der Waals surface area contributed by atoms with Crippen LogP contribution >= 0.6 is 0 Å². The van der Waals surface area contributed by atoms with Crippen LogP contribution in [0.4, 0.5) is 5.82 Å². The van der Waals surface area contributed by atoms with Crippen molar-refractivity contribution in [2.24, 2.45) is 0 Å². The molecule has 0 amide bonds. The highest BCUT2D eigenvalue weighted by atomic mass is 15.2. The van der Waals surface area contributed by atoms with Crippen LogP contribution in [0.5, 0.6) is 0 Å². The number of anilines is 1. The average Bonchev–Trinajstić information content (AvgIpc) is 2.37. The first-order chi connectivity index (χ1) is 9.37. The standard InChI is InChI=1S/C17H31N3/c1-7-9-12-20(8-2)16-11-10-15(14(3)19-16)13-18-17(4,5)6/h10-11,18H,7-9,12-13H2,1-6H3. The van der Waals surface area contributed by atoms with Gasteiger partial charge >= 0.3 is 0 Å². The first-order valence-electron chi connectivity index (χ1n) is 7.84. The van der Waals surface area contributed by atoms with Crippen LogP contribution in [-0.4, -0.2) is 23.6 Å². The predicted molar refractivity (Wildman–Crippen MR) is 88.4 cm³/mol. The number of nitrogens with zero attached hydrogens (tertiary/aromatic N) is 2. The van der Waals surface area contributed by atoms with E-state index in [0.29, 0.717) is 0 Å². The zero-order valence-corrected chi connectivity index (χ0v) is 14.1. The van der Waals surface area contributed by atoms with Crippen molar-refractivity contribution < 1.29 is 0 Å². The fourth-order valence-corrected chi connectivity index (χ4v) is 2.08. The van der Waals surface area contributed by atoms with Crippen molar-refractivity contribution in [2.75, 3.05) is 18.0 Å². The molecule has 1 heterocycles. The van der Waals surface area contributed by atoms with E-state index in [9.17, 15) is 0 Å². The molecule has 0 bridgehead atoms. The number of hydrogen-bond acceptors (Lipinski definition) is 3. The highest BCUT2D eigenvalue weighted by Gasteiger charge is 2.11. The fourth-order valence-electron chi connectivity index (χ4n) is 2.08. The van der Waals surface area contributed by atoms with Gasteiger partial charge in [-0.15, -0.1) is 0 Å². The van der Waals surface area contributed by atoms with Gasteiger partial charge in [0, 0.05) is 30.9 Å². The highest BCUT2D eigenvalue weighted by Crippen LogP contribution is 2.16. The largest absolute Gasteiger partial charge is 0.357 e. The Labute approximate surface area is 124 Å². The Hall–Kier alpha value is -1.09. The summed E-state index contributed by atoms with van der Waals surface area (Å²) in [7, 11) is 0. The molecule has 0 aromatic carbocycles. The number of nitrogens with one attached hydrogen (secondary N) is 1. The third kappa shape index (κ3) is 5.49. The van der Waals surface area contributed by atoms with Crippen LogP contribution in [-0.2, 0) is 6.54 Å². The van der Waals surface area contributed by atoms with Crippen molar-refractivity contribution in [3.05, 3.63) is 23.4 Å². The SMILES string of the molecule is CCCCN(CC)c1ccc(CNC(C)(C)C)c(C)n1. The smallest absolute Gasteiger partial charge is 0.128 e. The summed E-state index contributed by atoms with van der Waals surface area (Å²) in [5, 5.41) is 3.52. The van der Waals surface area contributed by atoms with E-state index in [0.717, 1.165) is 31.1 Å². The van der Waals surface area contributed by atoms with Gasteiger partial charge in [0.1, 0.15) is 5.82 Å². The van der Waals surface area contributed by atoms with E-state index < -0.39 is 0 Å². The molecule has 1 aromatic heterocycles. The molecular weight excluding hydrogens is 246 g/mol. The van der Waals surface area contributed by atoms with Gasteiger partial charge < -0.3 is 10.2 Å². The molecule has 0 aliphatic rings. The maximum Gasteiger partial charge on any atom is 0.128 e. The van der Waals surface area contributed by atoms with Gasteiger partial charge in [0.2, 0.25) is 0 Å². The van der Waals surface area contributed by atoms with Gasteiger partial charge in [-0.2, -0.15) is 0 Å². The summed E-state index contributed by atoms with van der Waals surface area (Å²) in [6, 6.07) is 4.37. The van der Waals surface area contributed by atoms with Gasteiger partial charge in [-0.25, -0.2) is 4.98 Å². The number of rotatable bonds is 7. The summed E-state index contributed by atoms with van der Waals surface area (Å²) in [6.45, 7) is 16.1. The van der Waals surface area contributed by atoms with E-state index in [1.165, 1.54) is 18.4 Å². The summed E-state index contributed by atoms with van der Waals surface area (Å²) in [5.74, 6) is 1.11. The molecule has 3 heteroatoms. The third-order valence-electron chi connectivity index (χ3n) is 3.48. The molecular formula is C17H31N3. The maximum atomic E-state index is 4.78. The Kier molecular flexibility index (Phi) is 6.47. The quantitative estimate of drug-likeness (QED) is 0.819. The van der Waals surface area contributed by atoms with E-state index in [4.69, 9.17) is 4.98 Å². The lowest BCUT2D eigenvalue weighted by Gasteiger charge is -2.24. The molecule has 20 heavy (non-hydrogen) atoms. The molecule has 1 aromatic rings. The van der Waals surface area contributed by atoms with Crippen LogP contribution in [0.2, 0.25) is 0 Å². The van der Waals surface area contributed by atoms with Gasteiger partial charge in [0.15, 0.2) is 0 Å². The lowest BCUT2D eigenvalue weighted by Crippen LogP contribution is -2.35. The van der Waals surface area contributed by atoms with Crippen molar-refractivity contribution >= 4 is 5.82 Å².